The maximum Gasteiger partial charge on any atom is 0.228 e. The predicted molar refractivity (Wildman–Crippen MR) is 71.2 cm³/mol. The van der Waals surface area contributed by atoms with E-state index in [9.17, 15) is 9.18 Å². The fraction of sp³-hybridized carbons (Fsp3) is 0.333. The summed E-state index contributed by atoms with van der Waals surface area (Å²) >= 11 is 0. The van der Waals surface area contributed by atoms with Crippen LogP contribution in [-0.2, 0) is 11.2 Å². The molecule has 1 aliphatic heterocycles. The van der Waals surface area contributed by atoms with Gasteiger partial charge in [-0.3, -0.25) is 9.78 Å². The van der Waals surface area contributed by atoms with Gasteiger partial charge in [-0.1, -0.05) is 6.07 Å². The van der Waals surface area contributed by atoms with Gasteiger partial charge in [-0.15, -0.1) is 0 Å². The van der Waals surface area contributed by atoms with E-state index in [2.05, 4.69) is 4.98 Å². The van der Waals surface area contributed by atoms with Crippen LogP contribution in [0.2, 0.25) is 0 Å². The van der Waals surface area contributed by atoms with Crippen molar-refractivity contribution in [2.24, 2.45) is 0 Å². The number of amides is 1. The Morgan fingerprint density at radius 2 is 2.00 bits per heavy atom. The normalized spacial score (nSPS) is 15.1. The SMILES string of the molecule is O=C(Cc1ccc2cc(F)ccc2n1)N1CCCC1. The molecule has 1 fully saturated rings. The number of carbonyl (C=O) groups is 1. The van der Waals surface area contributed by atoms with Crippen LogP contribution < -0.4 is 0 Å². The maximum absolute atomic E-state index is 13.1. The van der Waals surface area contributed by atoms with Crippen molar-refractivity contribution in [3.05, 3.63) is 41.8 Å². The topological polar surface area (TPSA) is 33.2 Å². The summed E-state index contributed by atoms with van der Waals surface area (Å²) in [4.78, 5) is 18.3. The van der Waals surface area contributed by atoms with Crippen molar-refractivity contribution in [1.29, 1.82) is 0 Å². The van der Waals surface area contributed by atoms with Crippen LogP contribution in [0.15, 0.2) is 30.3 Å². The zero-order chi connectivity index (χ0) is 13.2. The third kappa shape index (κ3) is 2.57. The fourth-order valence-electron chi connectivity index (χ4n) is 2.47. The molecule has 0 spiro atoms. The van der Waals surface area contributed by atoms with E-state index in [0.717, 1.165) is 42.5 Å². The van der Waals surface area contributed by atoms with Gasteiger partial charge >= 0.3 is 0 Å². The molecule has 1 saturated heterocycles. The van der Waals surface area contributed by atoms with Crippen molar-refractivity contribution >= 4 is 16.8 Å². The highest BCUT2D eigenvalue weighted by Gasteiger charge is 2.18. The van der Waals surface area contributed by atoms with Crippen molar-refractivity contribution in [3.63, 3.8) is 0 Å². The van der Waals surface area contributed by atoms with E-state index in [4.69, 9.17) is 0 Å². The Labute approximate surface area is 111 Å². The highest BCUT2D eigenvalue weighted by atomic mass is 19.1. The van der Waals surface area contributed by atoms with Gasteiger partial charge in [0, 0.05) is 18.5 Å². The van der Waals surface area contributed by atoms with Gasteiger partial charge in [0.25, 0.3) is 0 Å². The van der Waals surface area contributed by atoms with Crippen molar-refractivity contribution < 1.29 is 9.18 Å². The fourth-order valence-corrected chi connectivity index (χ4v) is 2.47. The number of nitrogens with zero attached hydrogens (tertiary/aromatic N) is 2. The second-order valence-electron chi connectivity index (χ2n) is 4.90. The average molecular weight is 258 g/mol. The molecule has 1 aliphatic rings. The number of fused-ring (bicyclic) bond motifs is 1. The number of aromatic nitrogens is 1. The molecular weight excluding hydrogens is 243 g/mol. The minimum atomic E-state index is -0.268. The lowest BCUT2D eigenvalue weighted by Gasteiger charge is -2.14. The van der Waals surface area contributed by atoms with Crippen molar-refractivity contribution in [2.45, 2.75) is 19.3 Å². The maximum atomic E-state index is 13.1. The van der Waals surface area contributed by atoms with E-state index in [0.29, 0.717) is 6.42 Å². The van der Waals surface area contributed by atoms with Gasteiger partial charge in [-0.25, -0.2) is 4.39 Å². The molecule has 0 saturated carbocycles. The van der Waals surface area contributed by atoms with Crippen molar-refractivity contribution in [2.75, 3.05) is 13.1 Å². The lowest BCUT2D eigenvalue weighted by atomic mass is 10.1. The number of hydrogen-bond donors (Lipinski definition) is 0. The van der Waals surface area contributed by atoms with Gasteiger partial charge in [-0.2, -0.15) is 0 Å². The molecule has 3 nitrogen and oxygen atoms in total. The van der Waals surface area contributed by atoms with Crippen molar-refractivity contribution in [1.82, 2.24) is 9.88 Å². The van der Waals surface area contributed by atoms with Gasteiger partial charge in [0.15, 0.2) is 0 Å². The van der Waals surface area contributed by atoms with E-state index in [1.165, 1.54) is 12.1 Å². The van der Waals surface area contributed by atoms with E-state index >= 15 is 0 Å². The molecule has 2 aromatic rings. The number of halogens is 1. The summed E-state index contributed by atoms with van der Waals surface area (Å²) in [6.45, 7) is 1.72. The molecule has 1 amide bonds. The Morgan fingerprint density at radius 1 is 1.21 bits per heavy atom. The number of likely N-dealkylation sites (tertiary alicyclic amines) is 1. The first-order valence-corrected chi connectivity index (χ1v) is 6.55. The Morgan fingerprint density at radius 3 is 2.79 bits per heavy atom. The molecule has 2 heterocycles. The van der Waals surface area contributed by atoms with Crippen LogP contribution in [0.25, 0.3) is 10.9 Å². The van der Waals surface area contributed by atoms with Gasteiger partial charge in [-0.05, 0) is 37.1 Å². The molecule has 1 aromatic carbocycles. The summed E-state index contributed by atoms with van der Waals surface area (Å²) in [7, 11) is 0. The molecule has 0 radical (unpaired) electrons. The Bertz CT molecular complexity index is 621. The standard InChI is InChI=1S/C15H15FN2O/c16-12-4-6-14-11(9-12)3-5-13(17-14)10-15(19)18-7-1-2-8-18/h3-6,9H,1-2,7-8,10H2. The predicted octanol–water partition coefficient (Wildman–Crippen LogP) is 2.54. The molecule has 1 aromatic heterocycles. The first-order chi connectivity index (χ1) is 9.22. The van der Waals surface area contributed by atoms with Crippen LogP contribution in [0.1, 0.15) is 18.5 Å². The molecule has 0 bridgehead atoms. The second kappa shape index (κ2) is 4.96. The van der Waals surface area contributed by atoms with Crippen LogP contribution in [-0.4, -0.2) is 28.9 Å². The van der Waals surface area contributed by atoms with Gasteiger partial charge in [0.05, 0.1) is 17.6 Å². The molecule has 0 aliphatic carbocycles. The van der Waals surface area contributed by atoms with Crippen LogP contribution in [0.4, 0.5) is 4.39 Å². The monoisotopic (exact) mass is 258 g/mol. The zero-order valence-electron chi connectivity index (χ0n) is 10.6. The van der Waals surface area contributed by atoms with Gasteiger partial charge < -0.3 is 4.90 Å². The molecule has 19 heavy (non-hydrogen) atoms. The average Bonchev–Trinajstić information content (AvgIpc) is 2.93. The molecule has 0 N–H and O–H groups in total. The van der Waals surface area contributed by atoms with Crippen LogP contribution in [0.3, 0.4) is 0 Å². The van der Waals surface area contributed by atoms with E-state index in [1.54, 1.807) is 12.1 Å². The first-order valence-electron chi connectivity index (χ1n) is 6.55. The third-order valence-electron chi connectivity index (χ3n) is 3.50. The number of benzene rings is 1. The molecule has 98 valence electrons. The minimum absolute atomic E-state index is 0.131. The quantitative estimate of drug-likeness (QED) is 0.829. The second-order valence-corrected chi connectivity index (χ2v) is 4.90. The number of pyridine rings is 1. The highest BCUT2D eigenvalue weighted by Crippen LogP contribution is 2.15. The van der Waals surface area contributed by atoms with E-state index < -0.39 is 0 Å². The molecule has 0 atom stereocenters. The molecule has 4 heteroatoms. The Kier molecular flexibility index (Phi) is 3.15. The van der Waals surface area contributed by atoms with Gasteiger partial charge in [0.2, 0.25) is 5.91 Å². The summed E-state index contributed by atoms with van der Waals surface area (Å²) in [5.74, 6) is -0.137. The summed E-state index contributed by atoms with van der Waals surface area (Å²) in [6.07, 6.45) is 2.51. The largest absolute Gasteiger partial charge is 0.342 e. The summed E-state index contributed by atoms with van der Waals surface area (Å²) in [5, 5.41) is 0.761. The number of carbonyl (C=O) groups excluding carboxylic acids is 1. The zero-order valence-corrected chi connectivity index (χ0v) is 10.6. The minimum Gasteiger partial charge on any atom is -0.342 e. The first kappa shape index (κ1) is 12.1. The van der Waals surface area contributed by atoms with Crippen LogP contribution >= 0.6 is 0 Å². The number of rotatable bonds is 2. The smallest absolute Gasteiger partial charge is 0.228 e. The molecule has 0 unspecified atom stereocenters. The van der Waals surface area contributed by atoms with E-state index in [-0.39, 0.29) is 11.7 Å². The summed E-state index contributed by atoms with van der Waals surface area (Å²) in [6, 6.07) is 8.11. The molecular formula is C15H15FN2O. The summed E-state index contributed by atoms with van der Waals surface area (Å²) < 4.78 is 13.1. The highest BCUT2D eigenvalue weighted by molar-refractivity contribution is 5.81. The Balaban J connectivity index is 1.81. The van der Waals surface area contributed by atoms with E-state index in [1.807, 2.05) is 11.0 Å². The lowest BCUT2D eigenvalue weighted by Crippen LogP contribution is -2.29. The van der Waals surface area contributed by atoms with Gasteiger partial charge in [0.1, 0.15) is 5.82 Å². The van der Waals surface area contributed by atoms with Crippen LogP contribution in [0.5, 0.6) is 0 Å². The third-order valence-corrected chi connectivity index (χ3v) is 3.50. The molecule has 3 rings (SSSR count). The Hall–Kier alpha value is -1.97. The van der Waals surface area contributed by atoms with Crippen LogP contribution in [0, 0.1) is 5.82 Å². The van der Waals surface area contributed by atoms with Crippen molar-refractivity contribution in [3.8, 4) is 0 Å². The summed E-state index contributed by atoms with van der Waals surface area (Å²) in [5.41, 5.74) is 1.48. The number of hydrogen-bond acceptors (Lipinski definition) is 2. The lowest BCUT2D eigenvalue weighted by molar-refractivity contribution is -0.129.